The summed E-state index contributed by atoms with van der Waals surface area (Å²) >= 11 is 3.46. The van der Waals surface area contributed by atoms with Gasteiger partial charge in [-0.05, 0) is 45.8 Å². The van der Waals surface area contributed by atoms with Crippen LogP contribution in [0.2, 0.25) is 0 Å². The minimum absolute atomic E-state index is 0.0569. The van der Waals surface area contributed by atoms with Crippen molar-refractivity contribution in [1.29, 1.82) is 0 Å². The van der Waals surface area contributed by atoms with Gasteiger partial charge < -0.3 is 15.1 Å². The van der Waals surface area contributed by atoms with E-state index in [1.165, 1.54) is 4.90 Å². The molecule has 0 spiro atoms. The minimum Gasteiger partial charge on any atom is -0.352 e. The number of amides is 3. The first-order valence-electron chi connectivity index (χ1n) is 9.00. The average Bonchev–Trinajstić information content (AvgIpc) is 3.08. The van der Waals surface area contributed by atoms with Gasteiger partial charge in [-0.25, -0.2) is 0 Å². The van der Waals surface area contributed by atoms with Gasteiger partial charge in [0.15, 0.2) is 0 Å². The van der Waals surface area contributed by atoms with Crippen LogP contribution in [0, 0.1) is 5.92 Å². The van der Waals surface area contributed by atoms with Gasteiger partial charge in [0.1, 0.15) is 0 Å². The molecule has 1 aliphatic rings. The summed E-state index contributed by atoms with van der Waals surface area (Å²) in [5, 5.41) is 2.89. The number of halogens is 1. The number of benzene rings is 2. The molecule has 1 atom stereocenters. The van der Waals surface area contributed by atoms with Gasteiger partial charge in [-0.1, -0.05) is 24.3 Å². The van der Waals surface area contributed by atoms with Crippen molar-refractivity contribution in [3.8, 4) is 0 Å². The van der Waals surface area contributed by atoms with Gasteiger partial charge in [-0.2, -0.15) is 0 Å². The maximum atomic E-state index is 12.5. The predicted molar refractivity (Wildman–Crippen MR) is 111 cm³/mol. The Morgan fingerprint density at radius 1 is 1.14 bits per heavy atom. The highest BCUT2D eigenvalue weighted by Gasteiger charge is 2.35. The molecule has 0 radical (unpaired) electrons. The monoisotopic (exact) mass is 443 g/mol. The zero-order valence-corrected chi connectivity index (χ0v) is 17.4. The molecule has 1 saturated heterocycles. The van der Waals surface area contributed by atoms with Gasteiger partial charge in [0, 0.05) is 43.6 Å². The molecule has 2 aromatic rings. The molecule has 0 aromatic heterocycles. The van der Waals surface area contributed by atoms with Crippen LogP contribution >= 0.6 is 15.9 Å². The third-order valence-corrected chi connectivity index (χ3v) is 5.38. The SMILES string of the molecule is CN(C)C(=O)c1ccc(CNC(=O)C2CC(=O)N(c3ccccc3Br)C2)cc1. The van der Waals surface area contributed by atoms with E-state index in [0.29, 0.717) is 18.7 Å². The number of para-hydroxylation sites is 1. The van der Waals surface area contributed by atoms with Crippen molar-refractivity contribution in [2.45, 2.75) is 13.0 Å². The van der Waals surface area contributed by atoms with Crippen LogP contribution in [0.4, 0.5) is 5.69 Å². The smallest absolute Gasteiger partial charge is 0.253 e. The van der Waals surface area contributed by atoms with Gasteiger partial charge in [-0.15, -0.1) is 0 Å². The fraction of sp³-hybridized carbons (Fsp3) is 0.286. The van der Waals surface area contributed by atoms with Gasteiger partial charge in [0.25, 0.3) is 5.91 Å². The molecule has 3 amide bonds. The Balaban J connectivity index is 1.58. The number of carbonyl (C=O) groups excluding carboxylic acids is 3. The molecule has 2 aromatic carbocycles. The summed E-state index contributed by atoms with van der Waals surface area (Å²) in [5.41, 5.74) is 2.28. The number of nitrogens with one attached hydrogen (secondary N) is 1. The van der Waals surface area contributed by atoms with Crippen molar-refractivity contribution in [1.82, 2.24) is 10.2 Å². The summed E-state index contributed by atoms with van der Waals surface area (Å²) < 4.78 is 0.830. The molecule has 7 heteroatoms. The fourth-order valence-electron chi connectivity index (χ4n) is 3.14. The summed E-state index contributed by atoms with van der Waals surface area (Å²) in [6, 6.07) is 14.6. The van der Waals surface area contributed by atoms with E-state index in [1.807, 2.05) is 36.4 Å². The zero-order chi connectivity index (χ0) is 20.3. The Hall–Kier alpha value is -2.67. The van der Waals surface area contributed by atoms with Crippen LogP contribution in [-0.4, -0.2) is 43.3 Å². The second-order valence-electron chi connectivity index (χ2n) is 6.97. The number of hydrogen-bond acceptors (Lipinski definition) is 3. The van der Waals surface area contributed by atoms with Crippen LogP contribution < -0.4 is 10.2 Å². The van der Waals surface area contributed by atoms with Crippen molar-refractivity contribution in [2.75, 3.05) is 25.5 Å². The molecule has 28 heavy (non-hydrogen) atoms. The molecule has 1 N–H and O–H groups in total. The van der Waals surface area contributed by atoms with Crippen molar-refractivity contribution < 1.29 is 14.4 Å². The molecule has 3 rings (SSSR count). The maximum absolute atomic E-state index is 12.5. The lowest BCUT2D eigenvalue weighted by Crippen LogP contribution is -2.32. The van der Waals surface area contributed by atoms with Crippen LogP contribution in [0.1, 0.15) is 22.3 Å². The molecule has 146 valence electrons. The molecule has 1 fully saturated rings. The Kier molecular flexibility index (Phi) is 6.14. The standard InChI is InChI=1S/C21H22BrN3O3/c1-24(2)21(28)15-9-7-14(8-10-15)12-23-20(27)16-11-19(26)25(13-16)18-6-4-3-5-17(18)22/h3-10,16H,11-13H2,1-2H3,(H,23,27). The number of rotatable bonds is 5. The van der Waals surface area contributed by atoms with E-state index < -0.39 is 0 Å². The second kappa shape index (κ2) is 8.56. The highest BCUT2D eigenvalue weighted by Crippen LogP contribution is 2.31. The molecule has 1 heterocycles. The van der Waals surface area contributed by atoms with Crippen LogP contribution in [0.3, 0.4) is 0 Å². The van der Waals surface area contributed by atoms with E-state index >= 15 is 0 Å². The molecule has 0 aliphatic carbocycles. The summed E-state index contributed by atoms with van der Waals surface area (Å²) in [4.78, 5) is 40.0. The predicted octanol–water partition coefficient (Wildman–Crippen LogP) is 2.82. The van der Waals surface area contributed by atoms with Crippen LogP contribution in [0.25, 0.3) is 0 Å². The van der Waals surface area contributed by atoms with E-state index in [0.717, 1.165) is 15.7 Å². The minimum atomic E-state index is -0.380. The molecule has 0 bridgehead atoms. The van der Waals surface area contributed by atoms with E-state index in [2.05, 4.69) is 21.2 Å². The van der Waals surface area contributed by atoms with Crippen molar-refractivity contribution in [3.05, 3.63) is 64.1 Å². The number of carbonyl (C=O) groups is 3. The summed E-state index contributed by atoms with van der Waals surface area (Å²) in [5.74, 6) is -0.642. The van der Waals surface area contributed by atoms with Crippen LogP contribution in [0.15, 0.2) is 53.0 Å². The third kappa shape index (κ3) is 4.42. The highest BCUT2D eigenvalue weighted by atomic mass is 79.9. The lowest BCUT2D eigenvalue weighted by molar-refractivity contribution is -0.126. The molecule has 0 saturated carbocycles. The quantitative estimate of drug-likeness (QED) is 0.771. The topological polar surface area (TPSA) is 69.7 Å². The first kappa shape index (κ1) is 20.1. The fourth-order valence-corrected chi connectivity index (χ4v) is 3.64. The maximum Gasteiger partial charge on any atom is 0.253 e. The summed E-state index contributed by atoms with van der Waals surface area (Å²) in [6.45, 7) is 0.721. The Morgan fingerprint density at radius 3 is 2.46 bits per heavy atom. The van der Waals surface area contributed by atoms with Crippen molar-refractivity contribution in [3.63, 3.8) is 0 Å². The summed E-state index contributed by atoms with van der Waals surface area (Å²) in [6.07, 6.45) is 0.198. The van der Waals surface area contributed by atoms with E-state index in [4.69, 9.17) is 0 Å². The number of nitrogens with zero attached hydrogens (tertiary/aromatic N) is 2. The second-order valence-corrected chi connectivity index (χ2v) is 7.83. The van der Waals surface area contributed by atoms with E-state index in [9.17, 15) is 14.4 Å². The first-order valence-corrected chi connectivity index (χ1v) is 9.79. The Morgan fingerprint density at radius 2 is 1.82 bits per heavy atom. The summed E-state index contributed by atoms with van der Waals surface area (Å²) in [7, 11) is 3.41. The van der Waals surface area contributed by atoms with Gasteiger partial charge in [-0.3, -0.25) is 14.4 Å². The van der Waals surface area contributed by atoms with Crippen molar-refractivity contribution >= 4 is 39.3 Å². The largest absolute Gasteiger partial charge is 0.352 e. The van der Waals surface area contributed by atoms with Crippen molar-refractivity contribution in [2.24, 2.45) is 5.92 Å². The average molecular weight is 444 g/mol. The molecule has 1 unspecified atom stereocenters. The Labute approximate surface area is 172 Å². The van der Waals surface area contributed by atoms with Gasteiger partial charge in [0.05, 0.1) is 11.6 Å². The molecule has 1 aliphatic heterocycles. The molecule has 6 nitrogen and oxygen atoms in total. The lowest BCUT2D eigenvalue weighted by Gasteiger charge is -2.18. The number of anilines is 1. The van der Waals surface area contributed by atoms with E-state index in [1.54, 1.807) is 31.1 Å². The Bertz CT molecular complexity index is 896. The third-order valence-electron chi connectivity index (χ3n) is 4.71. The van der Waals surface area contributed by atoms with E-state index in [-0.39, 0.29) is 30.1 Å². The lowest BCUT2D eigenvalue weighted by atomic mass is 10.1. The van der Waals surface area contributed by atoms with Gasteiger partial charge >= 0.3 is 0 Å². The van der Waals surface area contributed by atoms with Crippen LogP contribution in [-0.2, 0) is 16.1 Å². The molecular formula is C21H22BrN3O3. The first-order chi connectivity index (χ1) is 13.4. The highest BCUT2D eigenvalue weighted by molar-refractivity contribution is 9.10. The molecular weight excluding hydrogens is 422 g/mol. The normalized spacial score (nSPS) is 16.2. The number of hydrogen-bond donors (Lipinski definition) is 1. The van der Waals surface area contributed by atoms with Crippen LogP contribution in [0.5, 0.6) is 0 Å². The zero-order valence-electron chi connectivity index (χ0n) is 15.8. The van der Waals surface area contributed by atoms with Gasteiger partial charge in [0.2, 0.25) is 11.8 Å².